The Kier molecular flexibility index (Phi) is 2.52. The lowest BCUT2D eigenvalue weighted by atomic mass is 10.2. The Bertz CT molecular complexity index is 445. The maximum atomic E-state index is 11.8. The van der Waals surface area contributed by atoms with E-state index in [1.807, 2.05) is 6.07 Å². The molecule has 16 heavy (non-hydrogen) atoms. The number of methoxy groups -OCH3 is 1. The van der Waals surface area contributed by atoms with Crippen LogP contribution >= 0.6 is 0 Å². The van der Waals surface area contributed by atoms with Crippen LogP contribution in [0.3, 0.4) is 0 Å². The van der Waals surface area contributed by atoms with E-state index in [-0.39, 0.29) is 18.5 Å². The molecule has 3 amide bonds. The van der Waals surface area contributed by atoms with Crippen LogP contribution in [-0.2, 0) is 4.79 Å². The van der Waals surface area contributed by atoms with Crippen molar-refractivity contribution in [3.05, 3.63) is 24.3 Å². The van der Waals surface area contributed by atoms with Gasteiger partial charge in [0.1, 0.15) is 12.3 Å². The maximum absolute atomic E-state index is 11.8. The van der Waals surface area contributed by atoms with Crippen molar-refractivity contribution in [2.45, 2.75) is 0 Å². The second kappa shape index (κ2) is 3.84. The van der Waals surface area contributed by atoms with E-state index < -0.39 is 0 Å². The standard InChI is InChI=1S/C11H12N2O3/c1-12-10(14)7-13(11(12)15)8-5-3-4-6-9(8)16-2/h3-6H,7H2,1-2H3. The number of carbonyl (C=O) groups excluding carboxylic acids is 2. The minimum atomic E-state index is -0.325. The summed E-state index contributed by atoms with van der Waals surface area (Å²) in [5.41, 5.74) is 0.618. The zero-order valence-corrected chi connectivity index (χ0v) is 9.14. The summed E-state index contributed by atoms with van der Waals surface area (Å²) in [6.07, 6.45) is 0. The third-order valence-electron chi connectivity index (χ3n) is 2.56. The zero-order chi connectivity index (χ0) is 11.7. The Labute approximate surface area is 93.2 Å². The number of anilines is 1. The highest BCUT2D eigenvalue weighted by Gasteiger charge is 2.35. The SMILES string of the molecule is COc1ccccc1N1CC(=O)N(C)C1=O. The molecule has 1 aliphatic heterocycles. The highest BCUT2D eigenvalue weighted by atomic mass is 16.5. The number of hydrogen-bond donors (Lipinski definition) is 0. The van der Waals surface area contributed by atoms with Gasteiger partial charge in [-0.15, -0.1) is 0 Å². The summed E-state index contributed by atoms with van der Waals surface area (Å²) in [5.74, 6) is 0.370. The van der Waals surface area contributed by atoms with Crippen molar-refractivity contribution in [3.63, 3.8) is 0 Å². The topological polar surface area (TPSA) is 49.9 Å². The fourth-order valence-corrected chi connectivity index (χ4v) is 1.64. The number of urea groups is 1. The third kappa shape index (κ3) is 1.50. The number of rotatable bonds is 2. The third-order valence-corrected chi connectivity index (χ3v) is 2.56. The fraction of sp³-hybridized carbons (Fsp3) is 0.273. The zero-order valence-electron chi connectivity index (χ0n) is 9.14. The van der Waals surface area contributed by atoms with Crippen molar-refractivity contribution in [1.82, 2.24) is 4.90 Å². The summed E-state index contributed by atoms with van der Waals surface area (Å²) in [5, 5.41) is 0. The average Bonchev–Trinajstić information content (AvgIpc) is 2.57. The van der Waals surface area contributed by atoms with E-state index in [1.54, 1.807) is 18.2 Å². The van der Waals surface area contributed by atoms with Crippen molar-refractivity contribution in [2.24, 2.45) is 0 Å². The molecule has 1 saturated heterocycles. The van der Waals surface area contributed by atoms with Crippen LogP contribution in [0.2, 0.25) is 0 Å². The van der Waals surface area contributed by atoms with Crippen molar-refractivity contribution < 1.29 is 14.3 Å². The number of imide groups is 1. The minimum Gasteiger partial charge on any atom is -0.495 e. The molecule has 0 aliphatic carbocycles. The summed E-state index contributed by atoms with van der Waals surface area (Å²) < 4.78 is 5.15. The first-order valence-corrected chi connectivity index (χ1v) is 4.86. The Balaban J connectivity index is 2.38. The minimum absolute atomic E-state index is 0.0652. The first kappa shape index (κ1) is 10.5. The molecule has 1 aliphatic rings. The lowest BCUT2D eigenvalue weighted by Crippen LogP contribution is -2.29. The van der Waals surface area contributed by atoms with Crippen LogP contribution in [0.5, 0.6) is 5.75 Å². The van der Waals surface area contributed by atoms with Crippen LogP contribution in [-0.4, -0.2) is 37.5 Å². The van der Waals surface area contributed by atoms with Crippen LogP contribution in [0, 0.1) is 0 Å². The van der Waals surface area contributed by atoms with Crippen LogP contribution in [0.4, 0.5) is 10.5 Å². The number of likely N-dealkylation sites (N-methyl/N-ethyl adjacent to an activating group) is 1. The molecule has 1 aromatic carbocycles. The van der Waals surface area contributed by atoms with Crippen molar-refractivity contribution in [1.29, 1.82) is 0 Å². The normalized spacial score (nSPS) is 15.9. The molecule has 0 N–H and O–H groups in total. The van der Waals surface area contributed by atoms with Gasteiger partial charge < -0.3 is 4.74 Å². The lowest BCUT2D eigenvalue weighted by molar-refractivity contribution is -0.123. The molecule has 0 saturated carbocycles. The largest absolute Gasteiger partial charge is 0.495 e. The highest BCUT2D eigenvalue weighted by molar-refractivity contribution is 6.12. The fourth-order valence-electron chi connectivity index (χ4n) is 1.64. The van der Waals surface area contributed by atoms with Crippen LogP contribution in [0.15, 0.2) is 24.3 Å². The van der Waals surface area contributed by atoms with Gasteiger partial charge in [0, 0.05) is 7.05 Å². The second-order valence-electron chi connectivity index (χ2n) is 3.49. The van der Waals surface area contributed by atoms with Gasteiger partial charge in [-0.1, -0.05) is 12.1 Å². The Morgan fingerprint density at radius 2 is 1.94 bits per heavy atom. The molecule has 2 rings (SSSR count). The monoisotopic (exact) mass is 220 g/mol. The molecule has 0 aromatic heterocycles. The summed E-state index contributed by atoms with van der Waals surface area (Å²) in [6, 6.07) is 6.80. The molecule has 5 nitrogen and oxygen atoms in total. The summed E-state index contributed by atoms with van der Waals surface area (Å²) in [4.78, 5) is 25.7. The molecule has 0 atom stereocenters. The Hall–Kier alpha value is -2.04. The second-order valence-corrected chi connectivity index (χ2v) is 3.49. The van der Waals surface area contributed by atoms with Gasteiger partial charge >= 0.3 is 6.03 Å². The number of ether oxygens (including phenoxy) is 1. The molecule has 1 heterocycles. The molecule has 0 radical (unpaired) electrons. The van der Waals surface area contributed by atoms with Crippen LogP contribution < -0.4 is 9.64 Å². The lowest BCUT2D eigenvalue weighted by Gasteiger charge is -2.17. The van der Waals surface area contributed by atoms with E-state index in [2.05, 4.69) is 0 Å². The quantitative estimate of drug-likeness (QED) is 0.701. The van der Waals surface area contributed by atoms with Gasteiger partial charge in [0.05, 0.1) is 12.8 Å². The van der Waals surface area contributed by atoms with E-state index in [1.165, 1.54) is 19.1 Å². The van der Waals surface area contributed by atoms with E-state index in [9.17, 15) is 9.59 Å². The number of para-hydroxylation sites is 2. The van der Waals surface area contributed by atoms with Gasteiger partial charge in [-0.05, 0) is 12.1 Å². The first-order chi connectivity index (χ1) is 7.65. The maximum Gasteiger partial charge on any atom is 0.331 e. The molecular formula is C11H12N2O3. The number of carbonyl (C=O) groups is 2. The van der Waals surface area contributed by atoms with Gasteiger partial charge in [0.15, 0.2) is 0 Å². The number of nitrogens with zero attached hydrogens (tertiary/aromatic N) is 2. The number of hydrogen-bond acceptors (Lipinski definition) is 3. The van der Waals surface area contributed by atoms with Crippen molar-refractivity contribution >= 4 is 17.6 Å². The molecule has 0 spiro atoms. The average molecular weight is 220 g/mol. The molecule has 0 unspecified atom stereocenters. The predicted molar refractivity (Wildman–Crippen MR) is 58.5 cm³/mol. The van der Waals surface area contributed by atoms with E-state index in [4.69, 9.17) is 4.74 Å². The smallest absolute Gasteiger partial charge is 0.331 e. The van der Waals surface area contributed by atoms with E-state index in [0.29, 0.717) is 11.4 Å². The van der Waals surface area contributed by atoms with Gasteiger partial charge in [0.25, 0.3) is 0 Å². The number of benzene rings is 1. The molecule has 5 heteroatoms. The highest BCUT2D eigenvalue weighted by Crippen LogP contribution is 2.30. The summed E-state index contributed by atoms with van der Waals surface area (Å²) in [7, 11) is 3.00. The molecule has 1 fully saturated rings. The van der Waals surface area contributed by atoms with Crippen molar-refractivity contribution in [2.75, 3.05) is 25.6 Å². The van der Waals surface area contributed by atoms with Gasteiger partial charge in [-0.25, -0.2) is 4.79 Å². The predicted octanol–water partition coefficient (Wildman–Crippen LogP) is 1.09. The number of amides is 3. The van der Waals surface area contributed by atoms with Gasteiger partial charge in [0.2, 0.25) is 5.91 Å². The van der Waals surface area contributed by atoms with Crippen LogP contribution in [0.25, 0.3) is 0 Å². The molecule has 84 valence electrons. The van der Waals surface area contributed by atoms with Crippen molar-refractivity contribution in [3.8, 4) is 5.75 Å². The summed E-state index contributed by atoms with van der Waals surface area (Å²) >= 11 is 0. The van der Waals surface area contributed by atoms with Crippen LogP contribution in [0.1, 0.15) is 0 Å². The van der Waals surface area contributed by atoms with E-state index in [0.717, 1.165) is 4.90 Å². The van der Waals surface area contributed by atoms with E-state index >= 15 is 0 Å². The molecule has 0 bridgehead atoms. The Morgan fingerprint density at radius 1 is 1.25 bits per heavy atom. The van der Waals surface area contributed by atoms with Gasteiger partial charge in [-0.2, -0.15) is 0 Å². The molecular weight excluding hydrogens is 208 g/mol. The first-order valence-electron chi connectivity index (χ1n) is 4.86. The summed E-state index contributed by atoms with van der Waals surface area (Å²) in [6.45, 7) is 0.0652. The van der Waals surface area contributed by atoms with Gasteiger partial charge in [-0.3, -0.25) is 14.6 Å². The molecule has 1 aromatic rings. The Morgan fingerprint density at radius 3 is 2.50 bits per heavy atom.